The number of allylic oxidation sites excluding steroid dienone is 1. The van der Waals surface area contributed by atoms with E-state index in [0.717, 1.165) is 6.42 Å². The van der Waals surface area contributed by atoms with Gasteiger partial charge in [0.1, 0.15) is 0 Å². The molecule has 0 radical (unpaired) electrons. The maximum absolute atomic E-state index is 13.5. The Morgan fingerprint density at radius 3 is 2.56 bits per heavy atom. The Hall–Kier alpha value is -2.75. The summed E-state index contributed by atoms with van der Waals surface area (Å²) in [5, 5.41) is 8.89. The van der Waals surface area contributed by atoms with E-state index in [0.29, 0.717) is 71.5 Å². The van der Waals surface area contributed by atoms with E-state index in [1.165, 1.54) is 27.8 Å². The molecule has 3 aliphatic rings. The Balaban J connectivity index is 1.44. The lowest BCUT2D eigenvalue weighted by Crippen LogP contribution is -2.44. The molecule has 8 heteroatoms. The number of aliphatic hydroxyl groups is 1. The highest BCUT2D eigenvalue weighted by Gasteiger charge is 2.40. The highest BCUT2D eigenvalue weighted by atomic mass is 16.7. The number of fused-ring (bicyclic) bond motifs is 3. The molecule has 2 aromatic rings. The average molecular weight is 538 g/mol. The monoisotopic (exact) mass is 537 g/mol. The van der Waals surface area contributed by atoms with Gasteiger partial charge in [-0.05, 0) is 53.7 Å². The van der Waals surface area contributed by atoms with Crippen LogP contribution in [0.25, 0.3) is 11.1 Å². The van der Waals surface area contributed by atoms with Crippen LogP contribution in [0.1, 0.15) is 36.0 Å². The molecule has 1 amide bonds. The molecule has 2 aromatic carbocycles. The zero-order chi connectivity index (χ0) is 27.0. The van der Waals surface area contributed by atoms with Crippen LogP contribution in [0, 0.1) is 5.92 Å². The zero-order valence-electron chi connectivity index (χ0n) is 22.7. The summed E-state index contributed by atoms with van der Waals surface area (Å²) in [4.78, 5) is 15.4. The van der Waals surface area contributed by atoms with Gasteiger partial charge < -0.3 is 33.7 Å². The van der Waals surface area contributed by atoms with E-state index in [2.05, 4.69) is 42.5 Å². The standard InChI is InChI=1S/C31H39NO7/c1-2-38-31-26(10-14-35-18-19-37-17-13-33)28(21-29(39-31)30(34)32-11-15-36-16-12-32)25-9-5-8-24-23-7-4-3-6-22(23)20-27(24)25/h3-9,21,26,28,31,33H,2,10-20H2,1H3/t26-,28+,31+/m1/s1. The summed E-state index contributed by atoms with van der Waals surface area (Å²) in [7, 11) is 0. The molecule has 1 aliphatic carbocycles. The predicted octanol–water partition coefficient (Wildman–Crippen LogP) is 3.51. The van der Waals surface area contributed by atoms with Crippen molar-refractivity contribution in [1.82, 2.24) is 4.90 Å². The van der Waals surface area contributed by atoms with Crippen molar-refractivity contribution in [3.8, 4) is 11.1 Å². The largest absolute Gasteiger partial charge is 0.459 e. The van der Waals surface area contributed by atoms with Gasteiger partial charge in [-0.3, -0.25) is 4.79 Å². The molecule has 0 spiro atoms. The molecule has 210 valence electrons. The van der Waals surface area contributed by atoms with Crippen LogP contribution in [0.15, 0.2) is 54.3 Å². The van der Waals surface area contributed by atoms with E-state index in [9.17, 15) is 4.79 Å². The molecular weight excluding hydrogens is 498 g/mol. The lowest BCUT2D eigenvalue weighted by atomic mass is 9.78. The molecule has 3 atom stereocenters. The second-order valence-electron chi connectivity index (χ2n) is 10.0. The van der Waals surface area contributed by atoms with Gasteiger partial charge >= 0.3 is 0 Å². The molecule has 2 aliphatic heterocycles. The van der Waals surface area contributed by atoms with E-state index >= 15 is 0 Å². The van der Waals surface area contributed by atoms with Gasteiger partial charge in [0.15, 0.2) is 5.76 Å². The van der Waals surface area contributed by atoms with Crippen molar-refractivity contribution in [1.29, 1.82) is 0 Å². The van der Waals surface area contributed by atoms with Gasteiger partial charge in [0.2, 0.25) is 6.29 Å². The Bertz CT molecular complexity index is 1140. The van der Waals surface area contributed by atoms with Crippen molar-refractivity contribution in [3.63, 3.8) is 0 Å². The Kier molecular flexibility index (Phi) is 9.66. The average Bonchev–Trinajstić information content (AvgIpc) is 3.36. The van der Waals surface area contributed by atoms with Crippen LogP contribution in [-0.2, 0) is 34.9 Å². The second-order valence-corrected chi connectivity index (χ2v) is 10.0. The van der Waals surface area contributed by atoms with Crippen LogP contribution in [0.2, 0.25) is 0 Å². The lowest BCUT2D eigenvalue weighted by molar-refractivity contribution is -0.173. The molecule has 2 heterocycles. The highest BCUT2D eigenvalue weighted by molar-refractivity contribution is 5.92. The Morgan fingerprint density at radius 2 is 1.77 bits per heavy atom. The normalized spacial score (nSPS) is 22.2. The van der Waals surface area contributed by atoms with E-state index in [1.807, 2.05) is 13.0 Å². The molecule has 8 nitrogen and oxygen atoms in total. The number of benzene rings is 2. The number of carbonyl (C=O) groups is 1. The van der Waals surface area contributed by atoms with Crippen LogP contribution in [-0.4, -0.2) is 88.1 Å². The number of ether oxygens (including phenoxy) is 5. The summed E-state index contributed by atoms with van der Waals surface area (Å²) in [6.07, 6.45) is 3.01. The summed E-state index contributed by atoms with van der Waals surface area (Å²) in [6, 6.07) is 15.1. The van der Waals surface area contributed by atoms with Crippen molar-refractivity contribution in [3.05, 3.63) is 71.0 Å². The lowest BCUT2D eigenvalue weighted by Gasteiger charge is -2.39. The Morgan fingerprint density at radius 1 is 1.00 bits per heavy atom. The fraction of sp³-hybridized carbons (Fsp3) is 0.516. The number of rotatable bonds is 12. The van der Waals surface area contributed by atoms with E-state index in [1.54, 1.807) is 4.90 Å². The first-order valence-corrected chi connectivity index (χ1v) is 14.0. The van der Waals surface area contributed by atoms with Gasteiger partial charge in [0, 0.05) is 38.1 Å². The molecule has 5 rings (SSSR count). The fourth-order valence-corrected chi connectivity index (χ4v) is 5.81. The van der Waals surface area contributed by atoms with Gasteiger partial charge in [0.05, 0.1) is 39.6 Å². The SMILES string of the molecule is CCO[C@H]1OC(C(=O)N2CCOCC2)=C[C@@H](c2cccc3c2Cc2ccccc2-3)[C@H]1CCOCCOCCO. The van der Waals surface area contributed by atoms with Gasteiger partial charge in [0.25, 0.3) is 5.91 Å². The van der Waals surface area contributed by atoms with E-state index < -0.39 is 6.29 Å². The molecule has 39 heavy (non-hydrogen) atoms. The summed E-state index contributed by atoms with van der Waals surface area (Å²) in [6.45, 7) is 6.28. The van der Waals surface area contributed by atoms with Gasteiger partial charge in [-0.25, -0.2) is 0 Å². The van der Waals surface area contributed by atoms with Gasteiger partial charge in [-0.1, -0.05) is 42.5 Å². The number of hydrogen-bond acceptors (Lipinski definition) is 7. The van der Waals surface area contributed by atoms with Gasteiger partial charge in [-0.2, -0.15) is 0 Å². The predicted molar refractivity (Wildman–Crippen MR) is 146 cm³/mol. The number of hydrogen-bond donors (Lipinski definition) is 1. The van der Waals surface area contributed by atoms with Crippen molar-refractivity contribution < 1.29 is 33.6 Å². The molecule has 0 unspecified atom stereocenters. The quantitative estimate of drug-likeness (QED) is 0.354. The summed E-state index contributed by atoms with van der Waals surface area (Å²) < 4.78 is 29.1. The summed E-state index contributed by atoms with van der Waals surface area (Å²) in [5.74, 6) is 0.121. The molecule has 0 aromatic heterocycles. The highest BCUT2D eigenvalue weighted by Crippen LogP contribution is 2.45. The minimum Gasteiger partial charge on any atom is -0.459 e. The third kappa shape index (κ3) is 6.36. The van der Waals surface area contributed by atoms with Crippen LogP contribution < -0.4 is 0 Å². The van der Waals surface area contributed by atoms with Crippen LogP contribution in [0.5, 0.6) is 0 Å². The number of amides is 1. The fourth-order valence-electron chi connectivity index (χ4n) is 5.81. The first-order valence-electron chi connectivity index (χ1n) is 14.0. The number of morpholine rings is 1. The second kappa shape index (κ2) is 13.5. The van der Waals surface area contributed by atoms with E-state index in [4.69, 9.17) is 28.8 Å². The number of nitrogens with zero attached hydrogens (tertiary/aromatic N) is 1. The maximum Gasteiger partial charge on any atom is 0.288 e. The molecule has 1 saturated heterocycles. The van der Waals surface area contributed by atoms with Crippen molar-refractivity contribution >= 4 is 5.91 Å². The van der Waals surface area contributed by atoms with Crippen LogP contribution in [0.4, 0.5) is 0 Å². The van der Waals surface area contributed by atoms with Crippen molar-refractivity contribution in [2.24, 2.45) is 5.92 Å². The minimum absolute atomic E-state index is 0.000234. The van der Waals surface area contributed by atoms with Crippen LogP contribution in [0.3, 0.4) is 0 Å². The number of aliphatic hydroxyl groups excluding tert-OH is 1. The first-order chi connectivity index (χ1) is 19.2. The van der Waals surface area contributed by atoms with Crippen molar-refractivity contribution in [2.45, 2.75) is 32.0 Å². The van der Waals surface area contributed by atoms with E-state index in [-0.39, 0.29) is 24.3 Å². The molecule has 0 saturated carbocycles. The maximum atomic E-state index is 13.5. The molecule has 1 fully saturated rings. The molecule has 1 N–H and O–H groups in total. The third-order valence-electron chi connectivity index (χ3n) is 7.67. The summed E-state index contributed by atoms with van der Waals surface area (Å²) in [5.41, 5.74) is 6.37. The van der Waals surface area contributed by atoms with Gasteiger partial charge in [-0.15, -0.1) is 0 Å². The third-order valence-corrected chi connectivity index (χ3v) is 7.67. The smallest absolute Gasteiger partial charge is 0.288 e. The summed E-state index contributed by atoms with van der Waals surface area (Å²) >= 11 is 0. The zero-order valence-corrected chi connectivity index (χ0v) is 22.7. The minimum atomic E-state index is -0.570. The van der Waals surface area contributed by atoms with Crippen molar-refractivity contribution in [2.75, 3.05) is 65.9 Å². The first kappa shape index (κ1) is 27.8. The molecule has 0 bridgehead atoms. The van der Waals surface area contributed by atoms with Crippen LogP contribution >= 0.6 is 0 Å². The molecular formula is C31H39NO7. The number of carbonyl (C=O) groups excluding carboxylic acids is 1. The topological polar surface area (TPSA) is 86.7 Å². The Labute approximate surface area is 230 Å².